The average molecular weight is 280 g/mol. The van der Waals surface area contributed by atoms with Crippen LogP contribution < -0.4 is 5.32 Å². The average Bonchev–Trinajstić information content (AvgIpc) is 2.00. The topological polar surface area (TPSA) is 15.3 Å². The quantitative estimate of drug-likeness (QED) is 0.614. The summed E-state index contributed by atoms with van der Waals surface area (Å²) in [6, 6.07) is 1.69. The molecule has 1 saturated heterocycles. The second-order valence-corrected chi connectivity index (χ2v) is 5.34. The molecule has 1 aliphatic heterocycles. The maximum absolute atomic E-state index is 3.75. The Balaban J connectivity index is 1.67. The lowest BCUT2D eigenvalue weighted by atomic mass is 9.91. The van der Waals surface area contributed by atoms with Gasteiger partial charge < -0.3 is 5.32 Å². The molecule has 0 radical (unpaired) electrons. The molecule has 3 heteroatoms. The van der Waals surface area contributed by atoms with Gasteiger partial charge in [-0.3, -0.25) is 0 Å². The van der Waals surface area contributed by atoms with Gasteiger partial charge in [0.1, 0.15) is 0 Å². The number of hydrogen-bond donors (Lipinski definition) is 1. The minimum absolute atomic E-state index is 0.821. The molecule has 1 aliphatic carbocycles. The molecular formula is C9H17IN2. The first kappa shape index (κ1) is 9.21. The van der Waals surface area contributed by atoms with Crippen LogP contribution in [-0.4, -0.2) is 28.3 Å². The zero-order valence-corrected chi connectivity index (χ0v) is 9.59. The largest absolute Gasteiger partial charge is 0.311 e. The molecule has 2 aliphatic rings. The van der Waals surface area contributed by atoms with Crippen molar-refractivity contribution in [1.82, 2.24) is 8.43 Å². The van der Waals surface area contributed by atoms with Crippen LogP contribution >= 0.6 is 22.9 Å². The van der Waals surface area contributed by atoms with Crippen molar-refractivity contribution in [3.8, 4) is 0 Å². The molecule has 1 N–H and O–H groups in total. The molecule has 0 unspecified atom stereocenters. The Morgan fingerprint density at radius 1 is 1.00 bits per heavy atom. The number of rotatable bonds is 2. The van der Waals surface area contributed by atoms with E-state index in [1.54, 1.807) is 0 Å². The number of nitrogens with one attached hydrogen (secondary N) is 1. The maximum atomic E-state index is 3.75. The van der Waals surface area contributed by atoms with Crippen molar-refractivity contribution in [2.75, 3.05) is 13.1 Å². The Labute approximate surface area is 88.6 Å². The zero-order chi connectivity index (χ0) is 8.39. The van der Waals surface area contributed by atoms with Crippen LogP contribution in [0.3, 0.4) is 0 Å². The molecule has 0 bridgehead atoms. The van der Waals surface area contributed by atoms with Crippen LogP contribution in [0.15, 0.2) is 0 Å². The second-order valence-electron chi connectivity index (χ2n) is 3.98. The fourth-order valence-electron chi connectivity index (χ4n) is 1.92. The third kappa shape index (κ3) is 2.33. The summed E-state index contributed by atoms with van der Waals surface area (Å²) in [5, 5.41) is 3.75. The molecule has 70 valence electrons. The number of piperidine rings is 1. The normalized spacial score (nSPS) is 28.8. The van der Waals surface area contributed by atoms with Gasteiger partial charge in [-0.05, 0) is 25.7 Å². The predicted molar refractivity (Wildman–Crippen MR) is 59.4 cm³/mol. The summed E-state index contributed by atoms with van der Waals surface area (Å²) >= 11 is 2.43. The number of hydrogen-bond acceptors (Lipinski definition) is 2. The van der Waals surface area contributed by atoms with E-state index >= 15 is 0 Å². The second kappa shape index (κ2) is 4.24. The molecule has 1 heterocycles. The molecule has 0 spiro atoms. The first-order chi connectivity index (χ1) is 5.84. The fraction of sp³-hybridized carbons (Fsp3) is 1.00. The standard InChI is InChI=1S/C9H17IN2/c10-12-6-4-9(5-7-12)11-8-2-1-3-8/h8-9,11H,1-7H2. The summed E-state index contributed by atoms with van der Waals surface area (Å²) in [6.45, 7) is 2.54. The highest BCUT2D eigenvalue weighted by atomic mass is 127. The van der Waals surface area contributed by atoms with Gasteiger partial charge in [-0.25, -0.2) is 3.11 Å². The van der Waals surface area contributed by atoms with E-state index in [0.29, 0.717) is 0 Å². The van der Waals surface area contributed by atoms with E-state index in [9.17, 15) is 0 Å². The minimum atomic E-state index is 0.821. The van der Waals surface area contributed by atoms with Crippen molar-refractivity contribution in [3.63, 3.8) is 0 Å². The first-order valence-electron chi connectivity index (χ1n) is 5.01. The SMILES string of the molecule is IN1CCC(NC2CCC2)CC1. The lowest BCUT2D eigenvalue weighted by Crippen LogP contribution is -2.46. The molecule has 2 nitrogen and oxygen atoms in total. The smallest absolute Gasteiger partial charge is 0.0201 e. The summed E-state index contributed by atoms with van der Waals surface area (Å²) in [7, 11) is 0. The highest BCUT2D eigenvalue weighted by Crippen LogP contribution is 2.21. The summed E-state index contributed by atoms with van der Waals surface area (Å²) in [5.41, 5.74) is 0. The lowest BCUT2D eigenvalue weighted by molar-refractivity contribution is 0.251. The Hall–Kier alpha value is 0.650. The monoisotopic (exact) mass is 280 g/mol. The summed E-state index contributed by atoms with van der Waals surface area (Å²) in [6.07, 6.45) is 6.98. The van der Waals surface area contributed by atoms with E-state index in [0.717, 1.165) is 12.1 Å². The molecular weight excluding hydrogens is 263 g/mol. The summed E-state index contributed by atoms with van der Waals surface area (Å²) < 4.78 is 2.40. The Morgan fingerprint density at radius 2 is 1.58 bits per heavy atom. The van der Waals surface area contributed by atoms with Crippen molar-refractivity contribution in [1.29, 1.82) is 0 Å². The van der Waals surface area contributed by atoms with Crippen LogP contribution in [0.2, 0.25) is 0 Å². The molecule has 0 amide bonds. The van der Waals surface area contributed by atoms with Crippen molar-refractivity contribution < 1.29 is 0 Å². The Bertz CT molecular complexity index is 139. The van der Waals surface area contributed by atoms with Crippen LogP contribution in [0.4, 0.5) is 0 Å². The fourth-order valence-corrected chi connectivity index (χ4v) is 2.48. The molecule has 1 saturated carbocycles. The summed E-state index contributed by atoms with van der Waals surface area (Å²) in [4.78, 5) is 0. The van der Waals surface area contributed by atoms with Crippen LogP contribution in [0.25, 0.3) is 0 Å². The highest BCUT2D eigenvalue weighted by molar-refractivity contribution is 14.1. The molecule has 12 heavy (non-hydrogen) atoms. The minimum Gasteiger partial charge on any atom is -0.311 e. The van der Waals surface area contributed by atoms with Gasteiger partial charge in [-0.1, -0.05) is 6.42 Å². The van der Waals surface area contributed by atoms with Crippen LogP contribution in [-0.2, 0) is 0 Å². The van der Waals surface area contributed by atoms with Crippen molar-refractivity contribution in [2.45, 2.75) is 44.2 Å². The Morgan fingerprint density at radius 3 is 2.08 bits per heavy atom. The lowest BCUT2D eigenvalue weighted by Gasteiger charge is -2.35. The van der Waals surface area contributed by atoms with E-state index in [-0.39, 0.29) is 0 Å². The van der Waals surface area contributed by atoms with Crippen molar-refractivity contribution in [2.24, 2.45) is 0 Å². The molecule has 0 atom stereocenters. The van der Waals surface area contributed by atoms with E-state index in [2.05, 4.69) is 31.3 Å². The van der Waals surface area contributed by atoms with E-state index in [4.69, 9.17) is 0 Å². The first-order valence-corrected chi connectivity index (χ1v) is 5.98. The third-order valence-corrected chi connectivity index (χ3v) is 3.98. The molecule has 2 rings (SSSR count). The van der Waals surface area contributed by atoms with Gasteiger partial charge in [-0.2, -0.15) is 0 Å². The van der Waals surface area contributed by atoms with Crippen LogP contribution in [0.5, 0.6) is 0 Å². The van der Waals surface area contributed by atoms with Gasteiger partial charge in [0.05, 0.1) is 0 Å². The summed E-state index contributed by atoms with van der Waals surface area (Å²) in [5.74, 6) is 0. The number of nitrogens with zero attached hydrogens (tertiary/aromatic N) is 1. The van der Waals surface area contributed by atoms with Gasteiger partial charge in [-0.15, -0.1) is 0 Å². The molecule has 2 fully saturated rings. The maximum Gasteiger partial charge on any atom is 0.0201 e. The van der Waals surface area contributed by atoms with Gasteiger partial charge in [0.25, 0.3) is 0 Å². The van der Waals surface area contributed by atoms with Crippen LogP contribution in [0.1, 0.15) is 32.1 Å². The van der Waals surface area contributed by atoms with Crippen LogP contribution in [0, 0.1) is 0 Å². The van der Waals surface area contributed by atoms with Gasteiger partial charge in [0.2, 0.25) is 0 Å². The zero-order valence-electron chi connectivity index (χ0n) is 7.43. The predicted octanol–water partition coefficient (Wildman–Crippen LogP) is 1.94. The number of halogens is 1. The molecule has 0 aromatic carbocycles. The van der Waals surface area contributed by atoms with Gasteiger partial charge in [0.15, 0.2) is 0 Å². The van der Waals surface area contributed by atoms with Gasteiger partial charge in [0, 0.05) is 48.0 Å². The van der Waals surface area contributed by atoms with Gasteiger partial charge >= 0.3 is 0 Å². The molecule has 0 aromatic heterocycles. The Kier molecular flexibility index (Phi) is 3.26. The van der Waals surface area contributed by atoms with Crippen molar-refractivity contribution >= 4 is 22.9 Å². The third-order valence-electron chi connectivity index (χ3n) is 3.02. The van der Waals surface area contributed by atoms with Crippen molar-refractivity contribution in [3.05, 3.63) is 0 Å². The van der Waals surface area contributed by atoms with E-state index in [1.807, 2.05) is 0 Å². The van der Waals surface area contributed by atoms with E-state index in [1.165, 1.54) is 45.2 Å². The highest BCUT2D eigenvalue weighted by Gasteiger charge is 2.23. The van der Waals surface area contributed by atoms with E-state index < -0.39 is 0 Å². The molecule has 0 aromatic rings.